The first-order valence-corrected chi connectivity index (χ1v) is 7.67. The van der Waals surface area contributed by atoms with Gasteiger partial charge in [-0.1, -0.05) is 0 Å². The molecule has 0 atom stereocenters. The van der Waals surface area contributed by atoms with Gasteiger partial charge in [0.15, 0.2) is 0 Å². The van der Waals surface area contributed by atoms with Gasteiger partial charge in [0.05, 0.1) is 17.8 Å². The van der Waals surface area contributed by atoms with Crippen LogP contribution in [0, 0.1) is 0 Å². The fraction of sp³-hybridized carbons (Fsp3) is 0.667. The van der Waals surface area contributed by atoms with E-state index in [4.69, 9.17) is 16.3 Å². The number of halogens is 2. The second-order valence-electron chi connectivity index (χ2n) is 4.40. The molecule has 1 saturated heterocycles. The molecule has 0 N–H and O–H groups in total. The number of alkyl halides is 1. The van der Waals surface area contributed by atoms with Crippen molar-refractivity contribution in [2.24, 2.45) is 0 Å². The molecule has 5 nitrogen and oxygen atoms in total. The molecule has 0 bridgehead atoms. The minimum Gasteiger partial charge on any atom is -0.480 e. The molecule has 19 heavy (non-hydrogen) atoms. The second kappa shape index (κ2) is 7.26. The Balaban J connectivity index is 2.05. The molecule has 1 aliphatic heterocycles. The Morgan fingerprint density at radius 3 is 2.95 bits per heavy atom. The van der Waals surface area contributed by atoms with Gasteiger partial charge in [0.2, 0.25) is 11.8 Å². The largest absolute Gasteiger partial charge is 0.480 e. The summed E-state index contributed by atoms with van der Waals surface area (Å²) in [6.45, 7) is 4.90. The predicted octanol–water partition coefficient (Wildman–Crippen LogP) is 2.00. The Bertz CT molecular complexity index is 421. The van der Waals surface area contributed by atoms with Crippen molar-refractivity contribution >= 4 is 33.5 Å². The van der Waals surface area contributed by atoms with Crippen LogP contribution in [0.1, 0.15) is 6.42 Å². The van der Waals surface area contributed by atoms with Gasteiger partial charge < -0.3 is 14.5 Å². The standard InChI is InChI=1S/C12H18BrClN4O/c1-19-11-10(13)9-15-12(16-11)18-5-2-4-17(6-3-14)7-8-18/h9H,2-8H2,1H3. The molecule has 0 radical (unpaired) electrons. The van der Waals surface area contributed by atoms with Crippen LogP contribution in [0.2, 0.25) is 0 Å². The molecule has 2 rings (SSSR count). The summed E-state index contributed by atoms with van der Waals surface area (Å²) in [4.78, 5) is 13.4. The smallest absolute Gasteiger partial charge is 0.232 e. The number of ether oxygens (including phenoxy) is 1. The first kappa shape index (κ1) is 14.8. The first-order valence-electron chi connectivity index (χ1n) is 6.34. The number of aromatic nitrogens is 2. The molecule has 7 heteroatoms. The van der Waals surface area contributed by atoms with Crippen molar-refractivity contribution in [1.82, 2.24) is 14.9 Å². The minimum absolute atomic E-state index is 0.576. The van der Waals surface area contributed by atoms with Gasteiger partial charge in [-0.15, -0.1) is 11.6 Å². The van der Waals surface area contributed by atoms with Crippen LogP contribution in [-0.4, -0.2) is 60.6 Å². The molecule has 0 amide bonds. The Hall–Kier alpha value is -0.590. The van der Waals surface area contributed by atoms with E-state index >= 15 is 0 Å². The topological polar surface area (TPSA) is 41.5 Å². The molecule has 0 aromatic carbocycles. The van der Waals surface area contributed by atoms with Crippen molar-refractivity contribution < 1.29 is 4.74 Å². The third-order valence-corrected chi connectivity index (χ3v) is 3.88. The monoisotopic (exact) mass is 348 g/mol. The van der Waals surface area contributed by atoms with Gasteiger partial charge >= 0.3 is 0 Å². The maximum absolute atomic E-state index is 5.80. The lowest BCUT2D eigenvalue weighted by atomic mass is 10.4. The molecule has 106 valence electrons. The van der Waals surface area contributed by atoms with Crippen LogP contribution in [0.4, 0.5) is 5.95 Å². The number of hydrogen-bond donors (Lipinski definition) is 0. The van der Waals surface area contributed by atoms with Crippen LogP contribution in [0.25, 0.3) is 0 Å². The van der Waals surface area contributed by atoms with Crippen LogP contribution in [-0.2, 0) is 0 Å². The van der Waals surface area contributed by atoms with Gasteiger partial charge in [0, 0.05) is 32.1 Å². The van der Waals surface area contributed by atoms with Crippen LogP contribution >= 0.6 is 27.5 Å². The summed E-state index contributed by atoms with van der Waals surface area (Å²) in [5.41, 5.74) is 0. The Morgan fingerprint density at radius 1 is 1.37 bits per heavy atom. The highest BCUT2D eigenvalue weighted by Crippen LogP contribution is 2.23. The molecule has 1 aliphatic rings. The quantitative estimate of drug-likeness (QED) is 0.778. The summed E-state index contributed by atoms with van der Waals surface area (Å²) in [6, 6.07) is 0. The molecule has 0 spiro atoms. The number of anilines is 1. The second-order valence-corrected chi connectivity index (χ2v) is 5.63. The third kappa shape index (κ3) is 3.94. The van der Waals surface area contributed by atoms with Crippen molar-refractivity contribution in [3.8, 4) is 5.88 Å². The number of rotatable bonds is 4. The SMILES string of the molecule is COc1nc(N2CCCN(CCCl)CC2)ncc1Br. The van der Waals surface area contributed by atoms with E-state index in [1.807, 2.05) is 0 Å². The van der Waals surface area contributed by atoms with Gasteiger partial charge in [0.25, 0.3) is 0 Å². The highest BCUT2D eigenvalue weighted by molar-refractivity contribution is 9.10. The van der Waals surface area contributed by atoms with Crippen LogP contribution in [0.5, 0.6) is 5.88 Å². The highest BCUT2D eigenvalue weighted by atomic mass is 79.9. The molecular weight excluding hydrogens is 332 g/mol. The minimum atomic E-state index is 0.576. The van der Waals surface area contributed by atoms with Gasteiger partial charge in [-0.25, -0.2) is 4.98 Å². The zero-order chi connectivity index (χ0) is 13.7. The molecule has 2 heterocycles. The van der Waals surface area contributed by atoms with E-state index in [1.54, 1.807) is 13.3 Å². The molecule has 1 aromatic heterocycles. The lowest BCUT2D eigenvalue weighted by Gasteiger charge is -2.21. The van der Waals surface area contributed by atoms with E-state index in [0.29, 0.717) is 11.8 Å². The summed E-state index contributed by atoms with van der Waals surface area (Å²) in [5, 5.41) is 0. The van der Waals surface area contributed by atoms with Crippen molar-refractivity contribution in [1.29, 1.82) is 0 Å². The Kier molecular flexibility index (Phi) is 5.66. The van der Waals surface area contributed by atoms with E-state index in [0.717, 1.165) is 49.6 Å². The molecule has 0 unspecified atom stereocenters. The van der Waals surface area contributed by atoms with Crippen LogP contribution < -0.4 is 9.64 Å². The molecule has 1 aromatic rings. The van der Waals surface area contributed by atoms with Gasteiger partial charge in [0.1, 0.15) is 0 Å². The summed E-state index contributed by atoms with van der Waals surface area (Å²) in [5.74, 6) is 1.99. The lowest BCUT2D eigenvalue weighted by Crippen LogP contribution is -2.32. The maximum Gasteiger partial charge on any atom is 0.232 e. The number of methoxy groups -OCH3 is 1. The van der Waals surface area contributed by atoms with Crippen LogP contribution in [0.3, 0.4) is 0 Å². The number of nitrogens with zero attached hydrogens (tertiary/aromatic N) is 4. The zero-order valence-corrected chi connectivity index (χ0v) is 13.3. The van der Waals surface area contributed by atoms with Gasteiger partial charge in [-0.3, -0.25) is 0 Å². The van der Waals surface area contributed by atoms with Crippen molar-refractivity contribution in [3.05, 3.63) is 10.7 Å². The van der Waals surface area contributed by atoms with E-state index < -0.39 is 0 Å². The fourth-order valence-corrected chi connectivity index (χ4v) is 2.74. The van der Waals surface area contributed by atoms with Gasteiger partial charge in [-0.05, 0) is 28.9 Å². The van der Waals surface area contributed by atoms with E-state index in [-0.39, 0.29) is 0 Å². The normalized spacial score (nSPS) is 17.3. The summed E-state index contributed by atoms with van der Waals surface area (Å²) >= 11 is 9.17. The number of hydrogen-bond acceptors (Lipinski definition) is 5. The first-order chi connectivity index (χ1) is 9.24. The summed E-state index contributed by atoms with van der Waals surface area (Å²) < 4.78 is 5.99. The summed E-state index contributed by atoms with van der Waals surface area (Å²) in [7, 11) is 1.61. The fourth-order valence-electron chi connectivity index (χ4n) is 2.15. The molecule has 0 aliphatic carbocycles. The Labute approximate surface area is 127 Å². The summed E-state index contributed by atoms with van der Waals surface area (Å²) in [6.07, 6.45) is 2.83. The average Bonchev–Trinajstić information content (AvgIpc) is 2.66. The third-order valence-electron chi connectivity index (χ3n) is 3.16. The highest BCUT2D eigenvalue weighted by Gasteiger charge is 2.17. The zero-order valence-electron chi connectivity index (χ0n) is 11.0. The molecule has 0 saturated carbocycles. The Morgan fingerprint density at radius 2 is 2.21 bits per heavy atom. The maximum atomic E-state index is 5.80. The molecule has 1 fully saturated rings. The van der Waals surface area contributed by atoms with Crippen molar-refractivity contribution in [2.75, 3.05) is 50.6 Å². The van der Waals surface area contributed by atoms with Crippen LogP contribution in [0.15, 0.2) is 10.7 Å². The molecular formula is C12H18BrClN4O. The predicted molar refractivity (Wildman–Crippen MR) is 80.3 cm³/mol. The van der Waals surface area contributed by atoms with Gasteiger partial charge in [-0.2, -0.15) is 4.98 Å². The van der Waals surface area contributed by atoms with Crippen molar-refractivity contribution in [2.45, 2.75) is 6.42 Å². The van der Waals surface area contributed by atoms with E-state index in [9.17, 15) is 0 Å². The average molecular weight is 350 g/mol. The lowest BCUT2D eigenvalue weighted by molar-refractivity contribution is 0.311. The van der Waals surface area contributed by atoms with E-state index in [1.165, 1.54) is 0 Å². The van der Waals surface area contributed by atoms with Crippen molar-refractivity contribution in [3.63, 3.8) is 0 Å². The van der Waals surface area contributed by atoms with E-state index in [2.05, 4.69) is 35.7 Å².